The Balaban J connectivity index is 1.76. The summed E-state index contributed by atoms with van der Waals surface area (Å²) in [6.07, 6.45) is 11.9. The molecule has 3 aromatic rings. The molecule has 0 fully saturated rings. The van der Waals surface area contributed by atoms with E-state index in [4.69, 9.17) is 0 Å². The van der Waals surface area contributed by atoms with Crippen molar-refractivity contribution in [3.8, 4) is 0 Å². The van der Waals surface area contributed by atoms with Gasteiger partial charge in [-0.25, -0.2) is 4.68 Å². The highest BCUT2D eigenvalue weighted by Gasteiger charge is 2.23. The molecule has 7 nitrogen and oxygen atoms in total. The fourth-order valence-electron chi connectivity index (χ4n) is 3.90. The Labute approximate surface area is 207 Å². The summed E-state index contributed by atoms with van der Waals surface area (Å²) in [6.45, 7) is 6.15. The smallest absolute Gasteiger partial charge is 0.267 e. The van der Waals surface area contributed by atoms with E-state index in [-0.39, 0.29) is 17.9 Å². The van der Waals surface area contributed by atoms with E-state index in [1.54, 1.807) is 44.6 Å². The molecule has 1 aromatic carbocycles. The van der Waals surface area contributed by atoms with Gasteiger partial charge in [-0.3, -0.25) is 9.59 Å². The zero-order valence-electron chi connectivity index (χ0n) is 20.6. The van der Waals surface area contributed by atoms with Gasteiger partial charge in [-0.2, -0.15) is 5.10 Å². The third kappa shape index (κ3) is 6.69. The number of hydrogen-bond acceptors (Lipinski definition) is 3. The molecule has 1 atom stereocenters. The highest BCUT2D eigenvalue weighted by Crippen LogP contribution is 2.17. The van der Waals surface area contributed by atoms with Crippen molar-refractivity contribution in [3.05, 3.63) is 109 Å². The fourth-order valence-corrected chi connectivity index (χ4v) is 3.90. The molecule has 2 heterocycles. The lowest BCUT2D eigenvalue weighted by Crippen LogP contribution is -2.41. The number of likely N-dealkylation sites (N-methyl/N-ethyl adjacent to an activating group) is 1. The molecule has 1 unspecified atom stereocenters. The Morgan fingerprint density at radius 2 is 1.91 bits per heavy atom. The van der Waals surface area contributed by atoms with E-state index in [1.807, 2.05) is 63.7 Å². The van der Waals surface area contributed by atoms with Crippen molar-refractivity contribution < 1.29 is 9.59 Å². The van der Waals surface area contributed by atoms with E-state index in [1.165, 1.54) is 0 Å². The second kappa shape index (κ2) is 12.4. The molecular weight excluding hydrogens is 438 g/mol. The Bertz CT molecular complexity index is 1190. The van der Waals surface area contributed by atoms with Crippen molar-refractivity contribution in [2.45, 2.75) is 25.8 Å². The number of allylic oxidation sites excluding steroid dienone is 3. The largest absolute Gasteiger partial charge is 0.351 e. The van der Waals surface area contributed by atoms with Crippen LogP contribution in [0, 0.1) is 0 Å². The summed E-state index contributed by atoms with van der Waals surface area (Å²) in [6, 6.07) is 15.4. The van der Waals surface area contributed by atoms with Crippen LogP contribution in [-0.4, -0.2) is 50.7 Å². The minimum absolute atomic E-state index is 0.103. The average molecular weight is 472 g/mol. The van der Waals surface area contributed by atoms with E-state index in [2.05, 4.69) is 29.1 Å². The standard InChI is InChI=1S/C28H33N5O2/c1-5-23(21-24(6-2)33-19-11-16-30-33)28(35)32(4)25(20-22-12-8-7-9-13-22)15-17-29-27(34)26-14-10-18-31(26)3/h5-14,16,18-19,21,25H,2,15,17,20H2,1,3-4H3,(H,29,34). The maximum Gasteiger partial charge on any atom is 0.267 e. The van der Waals surface area contributed by atoms with Crippen LogP contribution in [0.25, 0.3) is 5.70 Å². The third-order valence-electron chi connectivity index (χ3n) is 5.96. The van der Waals surface area contributed by atoms with Gasteiger partial charge in [0.15, 0.2) is 0 Å². The Morgan fingerprint density at radius 3 is 2.51 bits per heavy atom. The third-order valence-corrected chi connectivity index (χ3v) is 5.96. The van der Waals surface area contributed by atoms with E-state index >= 15 is 0 Å². The van der Waals surface area contributed by atoms with Crippen LogP contribution in [0.4, 0.5) is 0 Å². The SMILES string of the molecule is C=CC(=CC(=CC)C(=O)N(C)C(CCNC(=O)c1cccn1C)Cc1ccccc1)n1cccn1. The summed E-state index contributed by atoms with van der Waals surface area (Å²) < 4.78 is 3.46. The number of aromatic nitrogens is 3. The van der Waals surface area contributed by atoms with Crippen LogP contribution in [0.5, 0.6) is 0 Å². The molecule has 1 N–H and O–H groups in total. The molecular formula is C28H33N5O2. The van der Waals surface area contributed by atoms with Crippen molar-refractivity contribution in [3.63, 3.8) is 0 Å². The quantitative estimate of drug-likeness (QED) is 0.338. The Kier molecular flexibility index (Phi) is 9.01. The number of nitrogens with one attached hydrogen (secondary N) is 1. The minimum Gasteiger partial charge on any atom is -0.351 e. The minimum atomic E-state index is -0.128. The second-order valence-electron chi connectivity index (χ2n) is 8.28. The van der Waals surface area contributed by atoms with Crippen molar-refractivity contribution in [2.75, 3.05) is 13.6 Å². The van der Waals surface area contributed by atoms with Crippen LogP contribution >= 0.6 is 0 Å². The van der Waals surface area contributed by atoms with Crippen LogP contribution in [-0.2, 0) is 18.3 Å². The van der Waals surface area contributed by atoms with Crippen LogP contribution in [0.2, 0.25) is 0 Å². The van der Waals surface area contributed by atoms with Crippen LogP contribution < -0.4 is 5.32 Å². The van der Waals surface area contributed by atoms with Crippen molar-refractivity contribution in [1.82, 2.24) is 24.6 Å². The van der Waals surface area contributed by atoms with Crippen molar-refractivity contribution >= 4 is 17.5 Å². The van der Waals surface area contributed by atoms with Gasteiger partial charge in [0.2, 0.25) is 0 Å². The van der Waals surface area contributed by atoms with Crippen molar-refractivity contribution in [2.24, 2.45) is 7.05 Å². The Hall–Kier alpha value is -4.13. The lowest BCUT2D eigenvalue weighted by atomic mass is 10.0. The van der Waals surface area contributed by atoms with E-state index in [0.29, 0.717) is 36.4 Å². The first-order valence-electron chi connectivity index (χ1n) is 11.7. The number of aryl methyl sites for hydroxylation is 1. The molecule has 0 aliphatic rings. The molecule has 7 heteroatoms. The summed E-state index contributed by atoms with van der Waals surface area (Å²) in [5, 5.41) is 7.23. The molecule has 35 heavy (non-hydrogen) atoms. The van der Waals surface area contributed by atoms with Gasteiger partial charge in [-0.15, -0.1) is 0 Å². The Morgan fingerprint density at radius 1 is 1.14 bits per heavy atom. The summed E-state index contributed by atoms with van der Waals surface area (Å²) >= 11 is 0. The molecule has 0 saturated heterocycles. The molecule has 0 aliphatic carbocycles. The predicted molar refractivity (Wildman–Crippen MR) is 140 cm³/mol. The number of carbonyl (C=O) groups excluding carboxylic acids is 2. The van der Waals surface area contributed by atoms with Gasteiger partial charge in [-0.05, 0) is 55.7 Å². The predicted octanol–water partition coefficient (Wildman–Crippen LogP) is 4.08. The second-order valence-corrected chi connectivity index (χ2v) is 8.28. The van der Waals surface area contributed by atoms with E-state index in [0.717, 1.165) is 5.56 Å². The molecule has 0 saturated carbocycles. The normalized spacial score (nSPS) is 12.8. The molecule has 0 radical (unpaired) electrons. The molecule has 182 valence electrons. The molecule has 3 rings (SSSR count). The zero-order valence-corrected chi connectivity index (χ0v) is 20.6. The lowest BCUT2D eigenvalue weighted by molar-refractivity contribution is -0.127. The first-order valence-corrected chi connectivity index (χ1v) is 11.7. The molecule has 2 aromatic heterocycles. The van der Waals surface area contributed by atoms with E-state index in [9.17, 15) is 9.59 Å². The van der Waals surface area contributed by atoms with Gasteiger partial charge in [-0.1, -0.05) is 43.0 Å². The summed E-state index contributed by atoms with van der Waals surface area (Å²) in [5.41, 5.74) is 2.99. The molecule has 0 aliphatic heterocycles. The fraction of sp³-hybridized carbons (Fsp3) is 0.250. The van der Waals surface area contributed by atoms with Gasteiger partial charge < -0.3 is 14.8 Å². The van der Waals surface area contributed by atoms with Gasteiger partial charge >= 0.3 is 0 Å². The molecule has 0 bridgehead atoms. The van der Waals surface area contributed by atoms with Gasteiger partial charge in [0.25, 0.3) is 11.8 Å². The summed E-state index contributed by atoms with van der Waals surface area (Å²) in [4.78, 5) is 27.8. The molecule has 2 amide bonds. The number of nitrogens with zero attached hydrogens (tertiary/aromatic N) is 4. The zero-order chi connectivity index (χ0) is 25.2. The van der Waals surface area contributed by atoms with Crippen molar-refractivity contribution in [1.29, 1.82) is 0 Å². The first kappa shape index (κ1) is 25.5. The maximum atomic E-state index is 13.5. The lowest BCUT2D eigenvalue weighted by Gasteiger charge is -2.29. The van der Waals surface area contributed by atoms with E-state index < -0.39 is 0 Å². The highest BCUT2D eigenvalue weighted by atomic mass is 16.2. The average Bonchev–Trinajstić information content (AvgIpc) is 3.56. The highest BCUT2D eigenvalue weighted by molar-refractivity contribution is 5.97. The van der Waals surface area contributed by atoms with Gasteiger partial charge in [0.05, 0.1) is 5.70 Å². The van der Waals surface area contributed by atoms with Crippen LogP contribution in [0.3, 0.4) is 0 Å². The number of amides is 2. The topological polar surface area (TPSA) is 72.2 Å². The molecule has 0 spiro atoms. The number of benzene rings is 1. The van der Waals surface area contributed by atoms with Gasteiger partial charge in [0, 0.05) is 50.8 Å². The summed E-state index contributed by atoms with van der Waals surface area (Å²) in [5.74, 6) is -0.231. The van der Waals surface area contributed by atoms with Crippen LogP contribution in [0.15, 0.2) is 97.5 Å². The van der Waals surface area contributed by atoms with Gasteiger partial charge in [0.1, 0.15) is 5.69 Å². The van der Waals surface area contributed by atoms with Crippen LogP contribution in [0.1, 0.15) is 29.4 Å². The summed E-state index contributed by atoms with van der Waals surface area (Å²) in [7, 11) is 3.65. The number of rotatable bonds is 11. The number of hydrogen-bond donors (Lipinski definition) is 1. The number of carbonyl (C=O) groups is 2. The first-order chi connectivity index (χ1) is 16.9. The maximum absolute atomic E-state index is 13.5. The monoisotopic (exact) mass is 471 g/mol.